The maximum atomic E-state index is 13.0. The maximum Gasteiger partial charge on any atom is 0.344 e. The van der Waals surface area contributed by atoms with Crippen molar-refractivity contribution >= 4 is 16.9 Å². The van der Waals surface area contributed by atoms with Crippen LogP contribution in [0, 0.1) is 53.3 Å². The Kier molecular flexibility index (Phi) is 8.92. The Bertz CT molecular complexity index is 1600. The summed E-state index contributed by atoms with van der Waals surface area (Å²) < 4.78 is 17.7. The Morgan fingerprint density at radius 1 is 1.00 bits per heavy atom. The second-order valence-corrected chi connectivity index (χ2v) is 17.2. The predicted octanol–water partition coefficient (Wildman–Crippen LogP) is 9.92. The zero-order valence-electron chi connectivity index (χ0n) is 29.9. The lowest BCUT2D eigenvalue weighted by Crippen LogP contribution is -2.51. The summed E-state index contributed by atoms with van der Waals surface area (Å²) in [6.45, 7) is 14.2. The van der Waals surface area contributed by atoms with Gasteiger partial charge in [0.15, 0.2) is 6.61 Å². The van der Waals surface area contributed by atoms with E-state index in [-0.39, 0.29) is 29.7 Å². The third kappa shape index (κ3) is 5.80. The number of allylic oxidation sites excluding steroid dienone is 1. The number of carbonyl (C=O) groups is 1. The third-order valence-electron chi connectivity index (χ3n) is 14.2. The molecule has 3 saturated carbocycles. The van der Waals surface area contributed by atoms with Gasteiger partial charge in [-0.1, -0.05) is 65.5 Å². The number of carbonyl (C=O) groups excluding carboxylic acids is 1. The summed E-state index contributed by atoms with van der Waals surface area (Å²) in [6, 6.07) is 3.86. The molecule has 7 rings (SSSR count). The molecular weight excluding hydrogens is 584 g/mol. The number of benzene rings is 1. The van der Waals surface area contributed by atoms with Crippen LogP contribution in [0.25, 0.3) is 11.0 Å². The first-order valence-electron chi connectivity index (χ1n) is 19.1. The molecule has 1 aromatic carbocycles. The van der Waals surface area contributed by atoms with Gasteiger partial charge >= 0.3 is 11.6 Å². The number of esters is 1. The molecule has 5 aliphatic carbocycles. The Morgan fingerprint density at radius 2 is 1.81 bits per heavy atom. The van der Waals surface area contributed by atoms with E-state index in [4.69, 9.17) is 13.9 Å². The summed E-state index contributed by atoms with van der Waals surface area (Å²) in [5.41, 5.74) is 5.28. The zero-order chi connectivity index (χ0) is 33.1. The van der Waals surface area contributed by atoms with Crippen LogP contribution in [0.5, 0.6) is 5.75 Å². The first-order chi connectivity index (χ1) is 22.5. The lowest BCUT2D eigenvalue weighted by atomic mass is 9.47. The highest BCUT2D eigenvalue weighted by Gasteiger charge is 2.59. The van der Waals surface area contributed by atoms with Crippen molar-refractivity contribution in [3.8, 4) is 5.75 Å². The normalized spacial score (nSPS) is 33.5. The fraction of sp³-hybridized carbons (Fsp3) is 0.714. The van der Waals surface area contributed by atoms with Gasteiger partial charge in [0.05, 0.1) is 0 Å². The first-order valence-corrected chi connectivity index (χ1v) is 19.1. The third-order valence-corrected chi connectivity index (χ3v) is 14.2. The first kappa shape index (κ1) is 33.0. The molecule has 0 spiro atoms. The summed E-state index contributed by atoms with van der Waals surface area (Å²) >= 11 is 0. The second-order valence-electron chi connectivity index (χ2n) is 17.2. The van der Waals surface area contributed by atoms with E-state index in [1.54, 1.807) is 0 Å². The monoisotopic (exact) mass is 642 g/mol. The molecule has 0 radical (unpaired) electrons. The fourth-order valence-electron chi connectivity index (χ4n) is 11.7. The van der Waals surface area contributed by atoms with Gasteiger partial charge in [-0.2, -0.15) is 0 Å². The van der Waals surface area contributed by atoms with E-state index < -0.39 is 0 Å². The Balaban J connectivity index is 0.966. The Labute approximate surface area is 282 Å². The van der Waals surface area contributed by atoms with Gasteiger partial charge in [-0.05, 0) is 135 Å². The highest BCUT2D eigenvalue weighted by Crippen LogP contribution is 2.67. The quantitative estimate of drug-likeness (QED) is 0.155. The molecular formula is C42H58O5. The maximum absolute atomic E-state index is 13.0. The lowest BCUT2D eigenvalue weighted by molar-refractivity contribution is -0.153. The molecule has 2 aromatic rings. The molecule has 256 valence electrons. The van der Waals surface area contributed by atoms with Crippen LogP contribution in [0.15, 0.2) is 33.0 Å². The van der Waals surface area contributed by atoms with Gasteiger partial charge in [-0.25, -0.2) is 9.59 Å². The van der Waals surface area contributed by atoms with Crippen LogP contribution in [-0.2, 0) is 22.4 Å². The number of rotatable bonds is 9. The zero-order valence-corrected chi connectivity index (χ0v) is 29.9. The molecule has 8 atom stereocenters. The predicted molar refractivity (Wildman–Crippen MR) is 188 cm³/mol. The minimum absolute atomic E-state index is 0.0864. The molecule has 0 unspecified atom stereocenters. The van der Waals surface area contributed by atoms with Gasteiger partial charge in [0.1, 0.15) is 17.4 Å². The topological polar surface area (TPSA) is 65.7 Å². The molecule has 47 heavy (non-hydrogen) atoms. The van der Waals surface area contributed by atoms with Crippen LogP contribution < -0.4 is 10.4 Å². The van der Waals surface area contributed by atoms with E-state index in [2.05, 4.69) is 40.7 Å². The summed E-state index contributed by atoms with van der Waals surface area (Å²) in [7, 11) is 0. The molecule has 5 nitrogen and oxygen atoms in total. The molecule has 1 heterocycles. The van der Waals surface area contributed by atoms with E-state index in [9.17, 15) is 9.59 Å². The van der Waals surface area contributed by atoms with Crippen LogP contribution in [0.3, 0.4) is 0 Å². The van der Waals surface area contributed by atoms with Crippen molar-refractivity contribution in [3.63, 3.8) is 0 Å². The average molecular weight is 643 g/mol. The second kappa shape index (κ2) is 12.7. The number of hydrogen-bond acceptors (Lipinski definition) is 5. The van der Waals surface area contributed by atoms with Crippen molar-refractivity contribution in [3.05, 3.63) is 50.9 Å². The van der Waals surface area contributed by atoms with Crippen molar-refractivity contribution in [1.82, 2.24) is 0 Å². The average Bonchev–Trinajstić information content (AvgIpc) is 3.67. The summed E-state index contributed by atoms with van der Waals surface area (Å²) in [4.78, 5) is 25.6. The largest absolute Gasteiger partial charge is 0.481 e. The highest BCUT2D eigenvalue weighted by molar-refractivity contribution is 5.86. The molecule has 3 fully saturated rings. The molecule has 0 aliphatic heterocycles. The minimum Gasteiger partial charge on any atom is -0.481 e. The van der Waals surface area contributed by atoms with E-state index >= 15 is 0 Å². The van der Waals surface area contributed by atoms with Gasteiger partial charge in [-0.15, -0.1) is 0 Å². The van der Waals surface area contributed by atoms with Gasteiger partial charge in [0, 0.05) is 22.9 Å². The van der Waals surface area contributed by atoms with E-state index in [1.165, 1.54) is 56.9 Å². The molecule has 5 aliphatic rings. The van der Waals surface area contributed by atoms with Crippen LogP contribution in [0.2, 0.25) is 0 Å². The standard InChI is InChI=1S/C42H58O5/c1-25(2)9-7-10-26(3)34-16-17-35-33-14-13-28-23-29(19-21-41(28,5)36(33)20-22-42(34,35)6)46-38(43)24-45-37-18-15-31-30-11-8-12-32(30)40(44)47-39(31)27(37)4/h13,15,18,25-26,29,33-36H,7-12,14,16-17,19-24H2,1-6H3/t26-,29+,33+,34-,35-,36-,41+,42-/m1/s1. The van der Waals surface area contributed by atoms with Gasteiger partial charge in [-0.3, -0.25) is 0 Å². The smallest absolute Gasteiger partial charge is 0.344 e. The van der Waals surface area contributed by atoms with E-state index in [0.29, 0.717) is 16.7 Å². The van der Waals surface area contributed by atoms with Crippen molar-refractivity contribution in [1.29, 1.82) is 0 Å². The summed E-state index contributed by atoms with van der Waals surface area (Å²) in [5.74, 6) is 5.19. The highest BCUT2D eigenvalue weighted by atomic mass is 16.6. The number of ether oxygens (including phenoxy) is 2. The van der Waals surface area contributed by atoms with Gasteiger partial charge < -0.3 is 13.9 Å². The van der Waals surface area contributed by atoms with Gasteiger partial charge in [0.25, 0.3) is 0 Å². The fourth-order valence-corrected chi connectivity index (χ4v) is 11.7. The SMILES string of the molecule is Cc1c(OCC(=O)O[C@H]2CC[C@@]3(C)C(=CC[C@H]4[C@H]5CC[C@H]([C@H](C)CCCC(C)C)[C@@]5(C)CC[C@H]43)C2)ccc2c3c(c(=O)oc12)CCC3. The molecule has 5 heteroatoms. The molecule has 1 aromatic heterocycles. The molecule has 0 N–H and O–H groups in total. The Morgan fingerprint density at radius 3 is 2.62 bits per heavy atom. The Hall–Kier alpha value is -2.56. The van der Waals surface area contributed by atoms with Crippen molar-refractivity contribution < 1.29 is 18.7 Å². The summed E-state index contributed by atoms with van der Waals surface area (Å²) in [6.07, 6.45) is 19.0. The lowest BCUT2D eigenvalue weighted by Gasteiger charge is -2.58. The minimum atomic E-state index is -0.323. The molecule has 0 amide bonds. The van der Waals surface area contributed by atoms with Crippen LogP contribution in [0.4, 0.5) is 0 Å². The van der Waals surface area contributed by atoms with E-state index in [0.717, 1.165) is 96.1 Å². The van der Waals surface area contributed by atoms with Crippen LogP contribution >= 0.6 is 0 Å². The van der Waals surface area contributed by atoms with Crippen molar-refractivity contribution in [2.45, 2.75) is 138 Å². The van der Waals surface area contributed by atoms with Crippen molar-refractivity contribution in [2.75, 3.05) is 6.61 Å². The number of hydrogen-bond donors (Lipinski definition) is 0. The summed E-state index contributed by atoms with van der Waals surface area (Å²) in [5, 5.41) is 0.986. The van der Waals surface area contributed by atoms with E-state index in [1.807, 2.05) is 19.1 Å². The number of aryl methyl sites for hydroxylation is 2. The van der Waals surface area contributed by atoms with Crippen LogP contribution in [0.1, 0.15) is 128 Å². The van der Waals surface area contributed by atoms with Crippen molar-refractivity contribution in [2.24, 2.45) is 46.3 Å². The number of fused-ring (bicyclic) bond motifs is 8. The van der Waals surface area contributed by atoms with Gasteiger partial charge in [0.2, 0.25) is 0 Å². The molecule has 0 bridgehead atoms. The van der Waals surface area contributed by atoms with Crippen LogP contribution in [-0.4, -0.2) is 18.7 Å². The molecule has 0 saturated heterocycles.